The average Bonchev–Trinajstić information content (AvgIpc) is 3.24. The number of nitrogens with zero attached hydrogens (tertiary/aromatic N) is 2. The van der Waals surface area contributed by atoms with Gasteiger partial charge in [0.25, 0.3) is 0 Å². The Morgan fingerprint density at radius 1 is 1.40 bits per heavy atom. The van der Waals surface area contributed by atoms with E-state index >= 15 is 0 Å². The van der Waals surface area contributed by atoms with Crippen molar-refractivity contribution in [2.24, 2.45) is 11.8 Å². The molecule has 7 nitrogen and oxygen atoms in total. The van der Waals surface area contributed by atoms with Crippen molar-refractivity contribution in [3.05, 3.63) is 12.2 Å². The largest absolute Gasteiger partial charge is 0.360 e. The number of fused-ring (bicyclic) bond motifs is 1. The van der Waals surface area contributed by atoms with Gasteiger partial charge in [-0.1, -0.05) is 26.0 Å². The van der Waals surface area contributed by atoms with Gasteiger partial charge in [-0.3, -0.25) is 14.4 Å². The van der Waals surface area contributed by atoms with Crippen molar-refractivity contribution >= 4 is 17.7 Å². The third-order valence-corrected chi connectivity index (χ3v) is 6.15. The van der Waals surface area contributed by atoms with E-state index in [2.05, 4.69) is 19.2 Å². The normalized spacial score (nSPS) is 36.4. The van der Waals surface area contributed by atoms with Crippen molar-refractivity contribution in [2.75, 3.05) is 26.2 Å². The number of ether oxygens (including phenoxy) is 1. The molecule has 0 aromatic carbocycles. The Bertz CT molecular complexity index is 644. The molecule has 4 aliphatic rings. The van der Waals surface area contributed by atoms with Gasteiger partial charge in [0, 0.05) is 19.1 Å². The van der Waals surface area contributed by atoms with E-state index in [0.717, 1.165) is 12.8 Å². The second-order valence-corrected chi connectivity index (χ2v) is 7.45. The number of carbonyl (C=O) groups excluding carboxylic acids is 3. The molecule has 0 aromatic rings. The molecule has 0 radical (unpaired) electrons. The molecular weight excluding hydrogens is 322 g/mol. The lowest BCUT2D eigenvalue weighted by molar-refractivity contribution is -0.146. The quantitative estimate of drug-likeness (QED) is 0.721. The Morgan fingerprint density at radius 2 is 2.16 bits per heavy atom. The lowest BCUT2D eigenvalue weighted by Crippen LogP contribution is -2.54. The number of nitrogens with one attached hydrogen (secondary N) is 1. The van der Waals surface area contributed by atoms with Crippen molar-refractivity contribution in [1.82, 2.24) is 15.1 Å². The zero-order chi connectivity index (χ0) is 17.8. The monoisotopic (exact) mass is 347 g/mol. The second kappa shape index (κ2) is 5.83. The summed E-state index contributed by atoms with van der Waals surface area (Å²) in [5, 5.41) is 2.73. The van der Waals surface area contributed by atoms with E-state index < -0.39 is 17.4 Å². The van der Waals surface area contributed by atoms with Gasteiger partial charge in [-0.25, -0.2) is 0 Å². The van der Waals surface area contributed by atoms with Gasteiger partial charge in [0.2, 0.25) is 17.7 Å². The molecule has 2 bridgehead atoms. The fraction of sp³-hybridized carbons (Fsp3) is 0.722. The topological polar surface area (TPSA) is 79.0 Å². The molecule has 3 amide bonds. The molecule has 0 saturated carbocycles. The molecule has 0 aromatic heterocycles. The van der Waals surface area contributed by atoms with Gasteiger partial charge in [0.1, 0.15) is 5.60 Å². The standard InChI is InChI=1S/C18H25N3O4/c1-3-11(4-2)21-10-18-6-5-12(25-18)14(15(18)17(21)24)16(23)20-8-7-19-13(22)9-20/h5-6,11-12,14-15H,3-4,7-10H2,1-2H3,(H,19,22)/t12-,14-,15-,18-/m0/s1. The van der Waals surface area contributed by atoms with Crippen LogP contribution in [0.4, 0.5) is 0 Å². The van der Waals surface area contributed by atoms with Gasteiger partial charge in [0.05, 0.1) is 31.0 Å². The van der Waals surface area contributed by atoms with Crippen molar-refractivity contribution in [3.63, 3.8) is 0 Å². The molecular formula is C18H25N3O4. The maximum atomic E-state index is 13.2. The first kappa shape index (κ1) is 16.6. The van der Waals surface area contributed by atoms with E-state index in [4.69, 9.17) is 4.74 Å². The van der Waals surface area contributed by atoms with Crippen LogP contribution in [0.3, 0.4) is 0 Å². The summed E-state index contributed by atoms with van der Waals surface area (Å²) in [4.78, 5) is 41.4. The average molecular weight is 347 g/mol. The summed E-state index contributed by atoms with van der Waals surface area (Å²) in [6, 6.07) is 0.181. The smallest absolute Gasteiger partial charge is 0.239 e. The van der Waals surface area contributed by atoms with Crippen LogP contribution >= 0.6 is 0 Å². The van der Waals surface area contributed by atoms with E-state index in [1.54, 1.807) is 4.90 Å². The minimum atomic E-state index is -0.664. The van der Waals surface area contributed by atoms with Gasteiger partial charge in [-0.15, -0.1) is 0 Å². The van der Waals surface area contributed by atoms with Crippen molar-refractivity contribution in [3.8, 4) is 0 Å². The van der Waals surface area contributed by atoms with Crippen LogP contribution in [0, 0.1) is 11.8 Å². The molecule has 0 aliphatic carbocycles. The van der Waals surface area contributed by atoms with Crippen LogP contribution in [0.15, 0.2) is 12.2 Å². The zero-order valence-electron chi connectivity index (χ0n) is 14.7. The molecule has 0 unspecified atom stereocenters. The summed E-state index contributed by atoms with van der Waals surface area (Å²) in [6.07, 6.45) is 5.34. The second-order valence-electron chi connectivity index (χ2n) is 7.45. The maximum Gasteiger partial charge on any atom is 0.239 e. The SMILES string of the molecule is CCC(CC)N1C[C@]23C=C[C@H](O2)[C@H](C(=O)N2CCNC(=O)C2)[C@H]3C1=O. The molecule has 1 spiro atoms. The fourth-order valence-corrected chi connectivity index (χ4v) is 4.89. The molecule has 3 saturated heterocycles. The highest BCUT2D eigenvalue weighted by molar-refractivity contribution is 5.94. The fourth-order valence-electron chi connectivity index (χ4n) is 4.89. The number of likely N-dealkylation sites (tertiary alicyclic amines) is 1. The van der Waals surface area contributed by atoms with Gasteiger partial charge >= 0.3 is 0 Å². The highest BCUT2D eigenvalue weighted by Crippen LogP contribution is 2.52. The van der Waals surface area contributed by atoms with Gasteiger partial charge in [-0.05, 0) is 12.8 Å². The van der Waals surface area contributed by atoms with Gasteiger partial charge in [0.15, 0.2) is 0 Å². The maximum absolute atomic E-state index is 13.2. The van der Waals surface area contributed by atoms with Gasteiger partial charge in [-0.2, -0.15) is 0 Å². The first-order valence-electron chi connectivity index (χ1n) is 9.24. The van der Waals surface area contributed by atoms with Crippen LogP contribution in [-0.2, 0) is 19.1 Å². The molecule has 4 atom stereocenters. The Labute approximate surface area is 147 Å². The van der Waals surface area contributed by atoms with Crippen LogP contribution in [0.5, 0.6) is 0 Å². The minimum Gasteiger partial charge on any atom is -0.360 e. The lowest BCUT2D eigenvalue weighted by atomic mass is 9.76. The molecule has 25 heavy (non-hydrogen) atoms. The van der Waals surface area contributed by atoms with E-state index in [9.17, 15) is 14.4 Å². The van der Waals surface area contributed by atoms with Gasteiger partial charge < -0.3 is 19.9 Å². The molecule has 7 heteroatoms. The summed E-state index contributed by atoms with van der Waals surface area (Å²) in [5.41, 5.74) is -0.664. The van der Waals surface area contributed by atoms with Crippen molar-refractivity contribution < 1.29 is 19.1 Å². The molecule has 136 valence electrons. The van der Waals surface area contributed by atoms with E-state index in [-0.39, 0.29) is 36.4 Å². The number of piperazine rings is 1. The first-order chi connectivity index (χ1) is 12.0. The summed E-state index contributed by atoms with van der Waals surface area (Å²) in [5.74, 6) is -1.22. The summed E-state index contributed by atoms with van der Waals surface area (Å²) >= 11 is 0. The molecule has 4 aliphatic heterocycles. The van der Waals surface area contributed by atoms with E-state index in [1.165, 1.54) is 0 Å². The number of amides is 3. The summed E-state index contributed by atoms with van der Waals surface area (Å²) in [7, 11) is 0. The van der Waals surface area contributed by atoms with E-state index in [0.29, 0.717) is 19.6 Å². The highest BCUT2D eigenvalue weighted by Gasteiger charge is 2.67. The predicted molar refractivity (Wildman–Crippen MR) is 89.4 cm³/mol. The third-order valence-electron chi connectivity index (χ3n) is 6.15. The number of rotatable bonds is 4. The van der Waals surface area contributed by atoms with Crippen LogP contribution < -0.4 is 5.32 Å². The Kier molecular flexibility index (Phi) is 3.86. The zero-order valence-corrected chi connectivity index (χ0v) is 14.7. The lowest BCUT2D eigenvalue weighted by Gasteiger charge is -2.32. The molecule has 3 fully saturated rings. The highest BCUT2D eigenvalue weighted by atomic mass is 16.5. The van der Waals surface area contributed by atoms with Crippen LogP contribution in [-0.4, -0.2) is 71.4 Å². The third kappa shape index (κ3) is 2.32. The Hall–Kier alpha value is -1.89. The molecule has 4 rings (SSSR count). The summed E-state index contributed by atoms with van der Waals surface area (Å²) in [6.45, 7) is 5.70. The number of hydrogen-bond acceptors (Lipinski definition) is 4. The number of carbonyl (C=O) groups is 3. The summed E-state index contributed by atoms with van der Waals surface area (Å²) < 4.78 is 6.15. The molecule has 1 N–H and O–H groups in total. The first-order valence-corrected chi connectivity index (χ1v) is 9.24. The number of hydrogen-bond donors (Lipinski definition) is 1. The Morgan fingerprint density at radius 3 is 2.84 bits per heavy atom. The Balaban J connectivity index is 1.61. The minimum absolute atomic E-state index is 0.0281. The van der Waals surface area contributed by atoms with Crippen molar-refractivity contribution in [2.45, 2.75) is 44.4 Å². The predicted octanol–water partition coefficient (Wildman–Crippen LogP) is -0.0846. The van der Waals surface area contributed by atoms with Crippen LogP contribution in [0.2, 0.25) is 0 Å². The molecule has 4 heterocycles. The van der Waals surface area contributed by atoms with Crippen molar-refractivity contribution in [1.29, 1.82) is 0 Å². The van der Waals surface area contributed by atoms with E-state index in [1.807, 2.05) is 17.1 Å². The van der Waals surface area contributed by atoms with Crippen LogP contribution in [0.25, 0.3) is 0 Å². The van der Waals surface area contributed by atoms with Crippen LogP contribution in [0.1, 0.15) is 26.7 Å².